The van der Waals surface area contributed by atoms with E-state index in [0.717, 1.165) is 28.6 Å². The van der Waals surface area contributed by atoms with Gasteiger partial charge in [-0.3, -0.25) is 0 Å². The van der Waals surface area contributed by atoms with Crippen molar-refractivity contribution in [3.8, 4) is 0 Å². The summed E-state index contributed by atoms with van der Waals surface area (Å²) in [6.07, 6.45) is 4.21. The molecule has 4 nitrogen and oxygen atoms in total. The van der Waals surface area contributed by atoms with Crippen molar-refractivity contribution in [1.82, 2.24) is 9.97 Å². The zero-order chi connectivity index (χ0) is 12.5. The normalized spacial score (nSPS) is 15.8. The predicted molar refractivity (Wildman–Crippen MR) is 74.3 cm³/mol. The van der Waals surface area contributed by atoms with Crippen LogP contribution in [0.1, 0.15) is 33.6 Å². The Morgan fingerprint density at radius 2 is 2.00 bits per heavy atom. The lowest BCUT2D eigenvalue weighted by molar-refractivity contribution is 0.492. The van der Waals surface area contributed by atoms with E-state index >= 15 is 0 Å². The van der Waals surface area contributed by atoms with E-state index in [9.17, 15) is 0 Å². The van der Waals surface area contributed by atoms with E-state index in [4.69, 9.17) is 0 Å². The molecule has 1 aromatic heterocycles. The molecule has 0 radical (unpaired) electrons. The van der Waals surface area contributed by atoms with Crippen LogP contribution in [0, 0.1) is 5.92 Å². The number of aromatic nitrogens is 2. The Balaban J connectivity index is 2.17. The number of nitrogens with one attached hydrogen (secondary N) is 2. The maximum absolute atomic E-state index is 4.31. The Hall–Kier alpha value is -0.840. The third-order valence-corrected chi connectivity index (χ3v) is 3.92. The lowest BCUT2D eigenvalue weighted by atomic mass is 9.99. The minimum atomic E-state index is 0.0976. The van der Waals surface area contributed by atoms with E-state index < -0.39 is 0 Å². The summed E-state index contributed by atoms with van der Waals surface area (Å²) >= 11 is 3.55. The van der Waals surface area contributed by atoms with Crippen molar-refractivity contribution < 1.29 is 0 Å². The molecule has 0 atom stereocenters. The number of hydrogen-bond acceptors (Lipinski definition) is 4. The molecule has 1 aliphatic carbocycles. The highest BCUT2D eigenvalue weighted by Gasteiger charge is 2.38. The molecule has 0 spiro atoms. The summed E-state index contributed by atoms with van der Waals surface area (Å²) < 4.78 is 0.913. The second-order valence-corrected chi connectivity index (χ2v) is 5.83. The Morgan fingerprint density at radius 1 is 1.35 bits per heavy atom. The minimum absolute atomic E-state index is 0.0976. The Labute approximate surface area is 111 Å². The fourth-order valence-corrected chi connectivity index (χ4v) is 2.40. The molecule has 0 aromatic carbocycles. The van der Waals surface area contributed by atoms with Gasteiger partial charge in [-0.25, -0.2) is 9.97 Å². The number of hydrogen-bond donors (Lipinski definition) is 2. The molecule has 0 unspecified atom stereocenters. The van der Waals surface area contributed by atoms with Crippen LogP contribution in [0.15, 0.2) is 10.8 Å². The fourth-order valence-electron chi connectivity index (χ4n) is 1.96. The molecule has 1 aliphatic rings. The lowest BCUT2D eigenvalue weighted by Crippen LogP contribution is -2.34. The first-order valence-electron chi connectivity index (χ1n) is 6.07. The largest absolute Gasteiger partial charge is 0.369 e. The van der Waals surface area contributed by atoms with Crippen molar-refractivity contribution in [2.45, 2.75) is 39.2 Å². The third kappa shape index (κ3) is 2.89. The molecule has 94 valence electrons. The van der Waals surface area contributed by atoms with Gasteiger partial charge < -0.3 is 10.6 Å². The van der Waals surface area contributed by atoms with Gasteiger partial charge >= 0.3 is 0 Å². The monoisotopic (exact) mass is 298 g/mol. The van der Waals surface area contributed by atoms with Gasteiger partial charge in [0.05, 0.1) is 0 Å². The molecule has 0 saturated heterocycles. The van der Waals surface area contributed by atoms with E-state index in [1.165, 1.54) is 12.8 Å². The summed E-state index contributed by atoms with van der Waals surface area (Å²) in [5, 5.41) is 6.72. The fraction of sp³-hybridized carbons (Fsp3) is 0.667. The maximum Gasteiger partial charge on any atom is 0.146 e. The van der Waals surface area contributed by atoms with Crippen LogP contribution in [-0.4, -0.2) is 22.1 Å². The molecule has 1 saturated carbocycles. The van der Waals surface area contributed by atoms with Gasteiger partial charge in [0.1, 0.15) is 22.4 Å². The summed E-state index contributed by atoms with van der Waals surface area (Å²) in [7, 11) is 0. The Kier molecular flexibility index (Phi) is 3.56. The molecule has 1 heterocycles. The zero-order valence-electron chi connectivity index (χ0n) is 10.5. The van der Waals surface area contributed by atoms with Crippen molar-refractivity contribution in [3.05, 3.63) is 10.8 Å². The molecular formula is C12H19BrN4. The molecule has 0 bridgehead atoms. The average Bonchev–Trinajstić information content (AvgIpc) is 3.08. The van der Waals surface area contributed by atoms with E-state index in [1.807, 2.05) is 0 Å². The second kappa shape index (κ2) is 4.80. The van der Waals surface area contributed by atoms with Gasteiger partial charge in [-0.05, 0) is 55.5 Å². The summed E-state index contributed by atoms with van der Waals surface area (Å²) in [6.45, 7) is 7.36. The van der Waals surface area contributed by atoms with E-state index in [1.54, 1.807) is 6.33 Å². The average molecular weight is 299 g/mol. The molecule has 5 heteroatoms. The predicted octanol–water partition coefficient (Wildman–Crippen LogP) is 3.27. The van der Waals surface area contributed by atoms with Gasteiger partial charge in [0.15, 0.2) is 0 Å². The van der Waals surface area contributed by atoms with E-state index in [0.29, 0.717) is 0 Å². The smallest absolute Gasteiger partial charge is 0.146 e. The highest BCUT2D eigenvalue weighted by atomic mass is 79.9. The summed E-state index contributed by atoms with van der Waals surface area (Å²) in [4.78, 5) is 8.52. The number of halogens is 1. The molecule has 2 rings (SSSR count). The highest BCUT2D eigenvalue weighted by molar-refractivity contribution is 9.10. The molecule has 0 aliphatic heterocycles. The minimum Gasteiger partial charge on any atom is -0.369 e. The molecule has 0 amide bonds. The number of anilines is 2. The van der Waals surface area contributed by atoms with Crippen molar-refractivity contribution >= 4 is 27.6 Å². The van der Waals surface area contributed by atoms with Crippen molar-refractivity contribution in [1.29, 1.82) is 0 Å². The van der Waals surface area contributed by atoms with Gasteiger partial charge in [0.2, 0.25) is 0 Å². The van der Waals surface area contributed by atoms with E-state index in [2.05, 4.69) is 57.3 Å². The lowest BCUT2D eigenvalue weighted by Gasteiger charge is -2.27. The second-order valence-electron chi connectivity index (χ2n) is 5.04. The van der Waals surface area contributed by atoms with Crippen LogP contribution in [0.4, 0.5) is 11.6 Å². The molecule has 1 fully saturated rings. The number of rotatable bonds is 5. The topological polar surface area (TPSA) is 49.8 Å². The van der Waals surface area contributed by atoms with Gasteiger partial charge in [-0.1, -0.05) is 0 Å². The van der Waals surface area contributed by atoms with Gasteiger partial charge in [-0.2, -0.15) is 0 Å². The Bertz CT molecular complexity index is 401. The van der Waals surface area contributed by atoms with Crippen LogP contribution >= 0.6 is 15.9 Å². The molecule has 2 N–H and O–H groups in total. The van der Waals surface area contributed by atoms with Crippen molar-refractivity contribution in [2.75, 3.05) is 17.2 Å². The summed E-state index contributed by atoms with van der Waals surface area (Å²) in [5.74, 6) is 2.47. The van der Waals surface area contributed by atoms with Gasteiger partial charge in [-0.15, -0.1) is 0 Å². The Morgan fingerprint density at radius 3 is 2.59 bits per heavy atom. The van der Waals surface area contributed by atoms with Crippen LogP contribution in [0.25, 0.3) is 0 Å². The standard InChI is InChI=1S/C12H19BrN4/c1-4-14-10-9(13)11(16-7-15-10)17-12(2,3)8-5-6-8/h7-8H,4-6H2,1-3H3,(H2,14,15,16,17). The van der Waals surface area contributed by atoms with Gasteiger partial charge in [0.25, 0.3) is 0 Å². The zero-order valence-corrected chi connectivity index (χ0v) is 12.1. The van der Waals surface area contributed by atoms with Crippen LogP contribution in [-0.2, 0) is 0 Å². The van der Waals surface area contributed by atoms with Crippen molar-refractivity contribution in [2.24, 2.45) is 5.92 Å². The van der Waals surface area contributed by atoms with Crippen LogP contribution < -0.4 is 10.6 Å². The molecule has 1 aromatic rings. The van der Waals surface area contributed by atoms with Crippen molar-refractivity contribution in [3.63, 3.8) is 0 Å². The third-order valence-electron chi connectivity index (χ3n) is 3.17. The first-order valence-corrected chi connectivity index (χ1v) is 6.86. The van der Waals surface area contributed by atoms with Gasteiger partial charge in [0, 0.05) is 12.1 Å². The number of nitrogens with zero attached hydrogens (tertiary/aromatic N) is 2. The van der Waals surface area contributed by atoms with Crippen LogP contribution in [0.5, 0.6) is 0 Å². The highest BCUT2D eigenvalue weighted by Crippen LogP contribution is 2.42. The van der Waals surface area contributed by atoms with E-state index in [-0.39, 0.29) is 5.54 Å². The summed E-state index contributed by atoms with van der Waals surface area (Å²) in [5.41, 5.74) is 0.0976. The quantitative estimate of drug-likeness (QED) is 0.876. The maximum atomic E-state index is 4.31. The van der Waals surface area contributed by atoms with Crippen LogP contribution in [0.2, 0.25) is 0 Å². The van der Waals surface area contributed by atoms with Crippen LogP contribution in [0.3, 0.4) is 0 Å². The summed E-state index contributed by atoms with van der Waals surface area (Å²) in [6, 6.07) is 0. The first-order chi connectivity index (χ1) is 8.04. The molecule has 17 heavy (non-hydrogen) atoms. The first kappa shape index (κ1) is 12.6. The SMILES string of the molecule is CCNc1ncnc(NC(C)(C)C2CC2)c1Br. The molecular weight excluding hydrogens is 280 g/mol.